The summed E-state index contributed by atoms with van der Waals surface area (Å²) in [7, 11) is -2.07. The molecule has 33 heavy (non-hydrogen) atoms. The number of sulfone groups is 1. The second-order valence-electron chi connectivity index (χ2n) is 7.34. The molecule has 7 nitrogen and oxygen atoms in total. The minimum Gasteiger partial charge on any atom is -0.465 e. The van der Waals surface area contributed by atoms with E-state index in [4.69, 9.17) is 4.74 Å². The molecule has 4 aromatic rings. The van der Waals surface area contributed by atoms with Crippen molar-refractivity contribution in [3.8, 4) is 0 Å². The van der Waals surface area contributed by atoms with Gasteiger partial charge in [0, 0.05) is 11.8 Å². The standard InChI is InChI=1S/C24H20N2O5S2/c1-31-23(28)18-10-8-17(9-11-18)22(27)26(15-16-6-4-3-5-7-16)24-25-20-13-12-19(33(2,29)30)14-21(20)32-24/h3-14H,15H2,1-2H3. The second kappa shape index (κ2) is 9.13. The fraction of sp³-hybridized carbons (Fsp3) is 0.125. The third kappa shape index (κ3) is 4.94. The van der Waals surface area contributed by atoms with Gasteiger partial charge in [0.05, 0.1) is 34.3 Å². The van der Waals surface area contributed by atoms with Gasteiger partial charge in [0.25, 0.3) is 5.91 Å². The van der Waals surface area contributed by atoms with Crippen molar-refractivity contribution < 1.29 is 22.7 Å². The lowest BCUT2D eigenvalue weighted by molar-refractivity contribution is 0.0600. The molecule has 168 valence electrons. The van der Waals surface area contributed by atoms with Crippen molar-refractivity contribution in [3.63, 3.8) is 0 Å². The Balaban J connectivity index is 1.75. The molecule has 0 radical (unpaired) electrons. The first-order valence-electron chi connectivity index (χ1n) is 9.91. The number of thiazole rings is 1. The highest BCUT2D eigenvalue weighted by Crippen LogP contribution is 2.32. The zero-order chi connectivity index (χ0) is 23.6. The Morgan fingerprint density at radius 2 is 1.64 bits per heavy atom. The van der Waals surface area contributed by atoms with E-state index in [9.17, 15) is 18.0 Å². The third-order valence-corrected chi connectivity index (χ3v) is 7.14. The van der Waals surface area contributed by atoms with Crippen molar-refractivity contribution in [1.82, 2.24) is 4.98 Å². The number of nitrogens with zero attached hydrogens (tertiary/aromatic N) is 2. The summed E-state index contributed by atoms with van der Waals surface area (Å²) in [5.41, 5.74) is 2.24. The number of amides is 1. The summed E-state index contributed by atoms with van der Waals surface area (Å²) in [4.78, 5) is 31.5. The number of hydrogen-bond donors (Lipinski definition) is 0. The highest BCUT2D eigenvalue weighted by atomic mass is 32.2. The van der Waals surface area contributed by atoms with Crippen LogP contribution in [0.15, 0.2) is 77.7 Å². The van der Waals surface area contributed by atoms with E-state index in [1.165, 1.54) is 36.6 Å². The largest absolute Gasteiger partial charge is 0.465 e. The van der Waals surface area contributed by atoms with Crippen LogP contribution in [0.1, 0.15) is 26.3 Å². The molecule has 0 aliphatic carbocycles. The van der Waals surface area contributed by atoms with Crippen LogP contribution in [-0.4, -0.2) is 38.6 Å². The molecule has 4 rings (SSSR count). The van der Waals surface area contributed by atoms with Crippen LogP contribution in [0.5, 0.6) is 0 Å². The minimum atomic E-state index is -3.37. The van der Waals surface area contributed by atoms with Gasteiger partial charge in [-0.05, 0) is 48.0 Å². The first-order valence-corrected chi connectivity index (χ1v) is 12.6. The van der Waals surface area contributed by atoms with Crippen LogP contribution in [0.25, 0.3) is 10.2 Å². The molecule has 0 aliphatic heterocycles. The molecule has 0 saturated heterocycles. The van der Waals surface area contributed by atoms with E-state index in [-0.39, 0.29) is 17.3 Å². The van der Waals surface area contributed by atoms with Crippen LogP contribution >= 0.6 is 11.3 Å². The van der Waals surface area contributed by atoms with Gasteiger partial charge in [-0.1, -0.05) is 41.7 Å². The number of ether oxygens (including phenoxy) is 1. The van der Waals surface area contributed by atoms with Gasteiger partial charge in [-0.2, -0.15) is 0 Å². The van der Waals surface area contributed by atoms with Crippen molar-refractivity contribution in [2.24, 2.45) is 0 Å². The fourth-order valence-electron chi connectivity index (χ4n) is 3.25. The summed E-state index contributed by atoms with van der Waals surface area (Å²) < 4.78 is 29.3. The van der Waals surface area contributed by atoms with E-state index >= 15 is 0 Å². The molecule has 0 atom stereocenters. The fourth-order valence-corrected chi connectivity index (χ4v) is 4.98. The van der Waals surface area contributed by atoms with E-state index in [1.54, 1.807) is 29.2 Å². The summed E-state index contributed by atoms with van der Waals surface area (Å²) in [6.45, 7) is 0.275. The molecule has 0 saturated carbocycles. The predicted molar refractivity (Wildman–Crippen MR) is 127 cm³/mol. The van der Waals surface area contributed by atoms with Crippen molar-refractivity contribution >= 4 is 48.4 Å². The number of anilines is 1. The van der Waals surface area contributed by atoms with Crippen molar-refractivity contribution in [1.29, 1.82) is 0 Å². The topological polar surface area (TPSA) is 93.6 Å². The molecular formula is C24H20N2O5S2. The molecule has 0 N–H and O–H groups in total. The van der Waals surface area contributed by atoms with Gasteiger partial charge >= 0.3 is 5.97 Å². The number of esters is 1. The number of hydrogen-bond acceptors (Lipinski definition) is 7. The van der Waals surface area contributed by atoms with Crippen LogP contribution in [0.4, 0.5) is 5.13 Å². The van der Waals surface area contributed by atoms with E-state index < -0.39 is 15.8 Å². The Morgan fingerprint density at radius 3 is 2.27 bits per heavy atom. The molecule has 0 bridgehead atoms. The third-order valence-electron chi connectivity index (χ3n) is 4.99. The minimum absolute atomic E-state index is 0.199. The maximum atomic E-state index is 13.5. The summed E-state index contributed by atoms with van der Waals surface area (Å²) in [5, 5.41) is 0.446. The lowest BCUT2D eigenvalue weighted by atomic mass is 10.1. The predicted octanol–water partition coefficient (Wildman–Crippen LogP) is 4.33. The van der Waals surface area contributed by atoms with Gasteiger partial charge in [0.1, 0.15) is 0 Å². The second-order valence-corrected chi connectivity index (χ2v) is 10.4. The molecular weight excluding hydrogens is 460 g/mol. The van der Waals surface area contributed by atoms with E-state index in [2.05, 4.69) is 4.98 Å². The Hall–Kier alpha value is -3.56. The first-order chi connectivity index (χ1) is 15.8. The molecule has 1 aromatic heterocycles. The normalized spacial score (nSPS) is 11.3. The highest BCUT2D eigenvalue weighted by molar-refractivity contribution is 7.90. The summed E-state index contributed by atoms with van der Waals surface area (Å²) in [6.07, 6.45) is 1.15. The quantitative estimate of drug-likeness (QED) is 0.381. The molecule has 9 heteroatoms. The SMILES string of the molecule is COC(=O)c1ccc(C(=O)N(Cc2ccccc2)c2nc3ccc(S(C)(=O)=O)cc3s2)cc1. The van der Waals surface area contributed by atoms with Gasteiger partial charge in [-0.25, -0.2) is 18.2 Å². The van der Waals surface area contributed by atoms with Crippen LogP contribution in [0, 0.1) is 0 Å². The summed E-state index contributed by atoms with van der Waals surface area (Å²) >= 11 is 1.24. The highest BCUT2D eigenvalue weighted by Gasteiger charge is 2.23. The van der Waals surface area contributed by atoms with E-state index in [1.807, 2.05) is 30.3 Å². The zero-order valence-corrected chi connectivity index (χ0v) is 19.5. The van der Waals surface area contributed by atoms with Gasteiger partial charge in [0.15, 0.2) is 15.0 Å². The lowest BCUT2D eigenvalue weighted by Gasteiger charge is -2.20. The van der Waals surface area contributed by atoms with Crippen molar-refractivity contribution in [2.45, 2.75) is 11.4 Å². The molecule has 0 unspecified atom stereocenters. The number of benzene rings is 3. The van der Waals surface area contributed by atoms with Crippen LogP contribution in [0.3, 0.4) is 0 Å². The molecule has 1 heterocycles. The van der Waals surface area contributed by atoms with E-state index in [0.29, 0.717) is 26.5 Å². The van der Waals surface area contributed by atoms with Gasteiger partial charge in [-0.15, -0.1) is 0 Å². The average Bonchev–Trinajstić information content (AvgIpc) is 3.25. The van der Waals surface area contributed by atoms with Crippen LogP contribution in [0.2, 0.25) is 0 Å². The average molecular weight is 481 g/mol. The Morgan fingerprint density at radius 1 is 0.970 bits per heavy atom. The van der Waals surface area contributed by atoms with Crippen molar-refractivity contribution in [2.75, 3.05) is 18.3 Å². The number of methoxy groups -OCH3 is 1. The van der Waals surface area contributed by atoms with Crippen LogP contribution < -0.4 is 4.90 Å². The summed E-state index contributed by atoms with van der Waals surface area (Å²) in [5.74, 6) is -0.777. The Bertz CT molecular complexity index is 1430. The summed E-state index contributed by atoms with van der Waals surface area (Å²) in [6, 6.07) is 20.4. The smallest absolute Gasteiger partial charge is 0.337 e. The Labute approximate surface area is 195 Å². The molecule has 3 aromatic carbocycles. The van der Waals surface area contributed by atoms with Crippen LogP contribution in [-0.2, 0) is 21.1 Å². The number of rotatable bonds is 6. The number of fused-ring (bicyclic) bond motifs is 1. The number of carbonyl (C=O) groups excluding carboxylic acids is 2. The molecule has 0 fully saturated rings. The number of aromatic nitrogens is 1. The maximum Gasteiger partial charge on any atom is 0.337 e. The van der Waals surface area contributed by atoms with Gasteiger partial charge in [-0.3, -0.25) is 9.69 Å². The number of carbonyl (C=O) groups is 2. The molecule has 0 spiro atoms. The first kappa shape index (κ1) is 22.6. The van der Waals surface area contributed by atoms with Crippen molar-refractivity contribution in [3.05, 3.63) is 89.5 Å². The van der Waals surface area contributed by atoms with E-state index in [0.717, 1.165) is 11.8 Å². The monoisotopic (exact) mass is 480 g/mol. The lowest BCUT2D eigenvalue weighted by Crippen LogP contribution is -2.30. The molecule has 1 amide bonds. The van der Waals surface area contributed by atoms with Gasteiger partial charge < -0.3 is 4.74 Å². The molecule has 0 aliphatic rings. The zero-order valence-electron chi connectivity index (χ0n) is 17.9. The maximum absolute atomic E-state index is 13.5. The Kier molecular flexibility index (Phi) is 6.26. The van der Waals surface area contributed by atoms with Gasteiger partial charge in [0.2, 0.25) is 0 Å².